The van der Waals surface area contributed by atoms with Crippen LogP contribution in [-0.4, -0.2) is 24.5 Å². The number of carbonyl (C=O) groups is 1. The fourth-order valence-corrected chi connectivity index (χ4v) is 2.31. The van der Waals surface area contributed by atoms with Gasteiger partial charge in [-0.05, 0) is 24.5 Å². The maximum Gasteiger partial charge on any atom is 0.222 e. The van der Waals surface area contributed by atoms with Crippen molar-refractivity contribution in [3.63, 3.8) is 0 Å². The van der Waals surface area contributed by atoms with E-state index in [0.29, 0.717) is 19.5 Å². The van der Waals surface area contributed by atoms with E-state index in [1.807, 2.05) is 23.1 Å². The highest BCUT2D eigenvalue weighted by Crippen LogP contribution is 2.22. The average molecular weight is 248 g/mol. The highest BCUT2D eigenvalue weighted by atomic mass is 16.5. The third kappa shape index (κ3) is 2.82. The van der Waals surface area contributed by atoms with Crippen molar-refractivity contribution in [2.24, 2.45) is 5.73 Å². The molecule has 4 nitrogen and oxygen atoms in total. The quantitative estimate of drug-likeness (QED) is 0.881. The first-order chi connectivity index (χ1) is 8.74. The molecule has 0 saturated carbocycles. The standard InChI is InChI=1S/C14H20N2O2/c1-18-13-8-11(5-6-12(13)9-15)10-16-7-3-2-4-14(16)17/h5-6,8H,2-4,7,9-10,15H2,1H3. The summed E-state index contributed by atoms with van der Waals surface area (Å²) in [6, 6.07) is 5.97. The Morgan fingerprint density at radius 2 is 2.22 bits per heavy atom. The van der Waals surface area contributed by atoms with Gasteiger partial charge in [-0.25, -0.2) is 0 Å². The summed E-state index contributed by atoms with van der Waals surface area (Å²) in [5, 5.41) is 0. The molecule has 0 radical (unpaired) electrons. The molecule has 1 aliphatic rings. The van der Waals surface area contributed by atoms with Crippen LogP contribution in [0.15, 0.2) is 18.2 Å². The van der Waals surface area contributed by atoms with Crippen LogP contribution in [0.25, 0.3) is 0 Å². The molecule has 1 aliphatic heterocycles. The second-order valence-electron chi connectivity index (χ2n) is 4.62. The van der Waals surface area contributed by atoms with Crippen LogP contribution in [0.5, 0.6) is 5.75 Å². The van der Waals surface area contributed by atoms with E-state index < -0.39 is 0 Å². The van der Waals surface area contributed by atoms with Crippen LogP contribution in [0, 0.1) is 0 Å². The number of amides is 1. The van der Waals surface area contributed by atoms with E-state index in [1.54, 1.807) is 7.11 Å². The van der Waals surface area contributed by atoms with Crippen molar-refractivity contribution in [3.05, 3.63) is 29.3 Å². The molecular weight excluding hydrogens is 228 g/mol. The topological polar surface area (TPSA) is 55.6 Å². The smallest absolute Gasteiger partial charge is 0.222 e. The summed E-state index contributed by atoms with van der Waals surface area (Å²) in [5.41, 5.74) is 7.73. The van der Waals surface area contributed by atoms with Gasteiger partial charge < -0.3 is 15.4 Å². The summed E-state index contributed by atoms with van der Waals surface area (Å²) in [7, 11) is 1.64. The molecular formula is C14H20N2O2. The van der Waals surface area contributed by atoms with Crippen molar-refractivity contribution in [3.8, 4) is 5.75 Å². The Bertz CT molecular complexity index is 432. The molecule has 18 heavy (non-hydrogen) atoms. The fourth-order valence-electron chi connectivity index (χ4n) is 2.31. The predicted molar refractivity (Wildman–Crippen MR) is 70.2 cm³/mol. The Morgan fingerprint density at radius 1 is 1.39 bits per heavy atom. The molecule has 98 valence electrons. The van der Waals surface area contributed by atoms with Crippen LogP contribution in [0.4, 0.5) is 0 Å². The van der Waals surface area contributed by atoms with Gasteiger partial charge in [0.05, 0.1) is 7.11 Å². The number of nitrogens with zero attached hydrogens (tertiary/aromatic N) is 1. The zero-order chi connectivity index (χ0) is 13.0. The molecule has 4 heteroatoms. The van der Waals surface area contributed by atoms with Gasteiger partial charge in [0, 0.05) is 31.6 Å². The first kappa shape index (κ1) is 12.9. The van der Waals surface area contributed by atoms with Gasteiger partial charge in [0.2, 0.25) is 5.91 Å². The van der Waals surface area contributed by atoms with Gasteiger partial charge in [0.1, 0.15) is 5.75 Å². The Hall–Kier alpha value is -1.55. The number of likely N-dealkylation sites (tertiary alicyclic amines) is 1. The Balaban J connectivity index is 2.11. The van der Waals surface area contributed by atoms with Gasteiger partial charge in [-0.2, -0.15) is 0 Å². The molecule has 1 heterocycles. The minimum Gasteiger partial charge on any atom is -0.496 e. The average Bonchev–Trinajstić information content (AvgIpc) is 2.41. The molecule has 0 spiro atoms. The molecule has 1 amide bonds. The van der Waals surface area contributed by atoms with Crippen LogP contribution in [0.1, 0.15) is 30.4 Å². The van der Waals surface area contributed by atoms with Crippen molar-refractivity contribution < 1.29 is 9.53 Å². The highest BCUT2D eigenvalue weighted by Gasteiger charge is 2.18. The number of hydrogen-bond donors (Lipinski definition) is 1. The maximum absolute atomic E-state index is 11.8. The largest absolute Gasteiger partial charge is 0.496 e. The zero-order valence-corrected chi connectivity index (χ0v) is 10.8. The molecule has 1 aromatic carbocycles. The van der Waals surface area contributed by atoms with Crippen LogP contribution < -0.4 is 10.5 Å². The SMILES string of the molecule is COc1cc(CN2CCCCC2=O)ccc1CN. The van der Waals surface area contributed by atoms with Gasteiger partial charge in [-0.3, -0.25) is 4.79 Å². The second-order valence-corrected chi connectivity index (χ2v) is 4.62. The number of rotatable bonds is 4. The molecule has 0 bridgehead atoms. The van der Waals surface area contributed by atoms with Crippen molar-refractivity contribution >= 4 is 5.91 Å². The number of carbonyl (C=O) groups excluding carboxylic acids is 1. The van der Waals surface area contributed by atoms with Crippen LogP contribution in [0.2, 0.25) is 0 Å². The molecule has 1 fully saturated rings. The van der Waals surface area contributed by atoms with Crippen molar-refractivity contribution in [1.29, 1.82) is 0 Å². The number of benzene rings is 1. The Labute approximate surface area is 108 Å². The summed E-state index contributed by atoms with van der Waals surface area (Å²) in [5.74, 6) is 1.06. The van der Waals surface area contributed by atoms with Gasteiger partial charge in [-0.1, -0.05) is 12.1 Å². The first-order valence-electron chi connectivity index (χ1n) is 6.38. The fraction of sp³-hybridized carbons (Fsp3) is 0.500. The van der Waals surface area contributed by atoms with Crippen molar-refractivity contribution in [2.75, 3.05) is 13.7 Å². The Morgan fingerprint density at radius 3 is 2.89 bits per heavy atom. The summed E-state index contributed by atoms with van der Waals surface area (Å²) >= 11 is 0. The van der Waals surface area contributed by atoms with E-state index in [0.717, 1.165) is 36.3 Å². The van der Waals surface area contributed by atoms with Crippen molar-refractivity contribution in [2.45, 2.75) is 32.4 Å². The number of nitrogens with two attached hydrogens (primary N) is 1. The van der Waals surface area contributed by atoms with E-state index in [1.165, 1.54) is 0 Å². The lowest BCUT2D eigenvalue weighted by Gasteiger charge is -2.27. The van der Waals surface area contributed by atoms with Crippen LogP contribution in [0.3, 0.4) is 0 Å². The predicted octanol–water partition coefficient (Wildman–Crippen LogP) is 1.67. The van der Waals surface area contributed by atoms with Crippen LogP contribution in [-0.2, 0) is 17.9 Å². The highest BCUT2D eigenvalue weighted by molar-refractivity contribution is 5.76. The van der Waals surface area contributed by atoms with E-state index in [4.69, 9.17) is 10.5 Å². The first-order valence-corrected chi connectivity index (χ1v) is 6.38. The maximum atomic E-state index is 11.8. The number of hydrogen-bond acceptors (Lipinski definition) is 3. The summed E-state index contributed by atoms with van der Waals surface area (Å²) in [6.45, 7) is 1.99. The molecule has 0 aromatic heterocycles. The summed E-state index contributed by atoms with van der Waals surface area (Å²) in [6.07, 6.45) is 2.80. The van der Waals surface area contributed by atoms with E-state index in [2.05, 4.69) is 0 Å². The van der Waals surface area contributed by atoms with Gasteiger partial charge >= 0.3 is 0 Å². The minimum atomic E-state index is 0.253. The van der Waals surface area contributed by atoms with Gasteiger partial charge in [0.15, 0.2) is 0 Å². The third-order valence-electron chi connectivity index (χ3n) is 3.37. The molecule has 0 aliphatic carbocycles. The number of ether oxygens (including phenoxy) is 1. The molecule has 1 saturated heterocycles. The number of piperidine rings is 1. The van der Waals surface area contributed by atoms with E-state index >= 15 is 0 Å². The van der Waals surface area contributed by atoms with Gasteiger partial charge in [-0.15, -0.1) is 0 Å². The third-order valence-corrected chi connectivity index (χ3v) is 3.37. The lowest BCUT2D eigenvalue weighted by atomic mass is 10.1. The molecule has 1 aromatic rings. The normalized spacial score (nSPS) is 15.9. The number of methoxy groups -OCH3 is 1. The second kappa shape index (κ2) is 5.87. The lowest BCUT2D eigenvalue weighted by molar-refractivity contribution is -0.133. The minimum absolute atomic E-state index is 0.253. The summed E-state index contributed by atoms with van der Waals surface area (Å²) in [4.78, 5) is 13.7. The zero-order valence-electron chi connectivity index (χ0n) is 10.8. The van der Waals surface area contributed by atoms with Crippen LogP contribution >= 0.6 is 0 Å². The summed E-state index contributed by atoms with van der Waals surface area (Å²) < 4.78 is 5.31. The molecule has 0 unspecified atom stereocenters. The monoisotopic (exact) mass is 248 g/mol. The van der Waals surface area contributed by atoms with Gasteiger partial charge in [0.25, 0.3) is 0 Å². The molecule has 2 N–H and O–H groups in total. The lowest BCUT2D eigenvalue weighted by Crippen LogP contribution is -2.34. The Kier molecular flexibility index (Phi) is 4.20. The van der Waals surface area contributed by atoms with Crippen molar-refractivity contribution in [1.82, 2.24) is 4.90 Å². The van der Waals surface area contributed by atoms with E-state index in [-0.39, 0.29) is 5.91 Å². The molecule has 2 rings (SSSR count). The molecule has 0 atom stereocenters. The van der Waals surface area contributed by atoms with E-state index in [9.17, 15) is 4.79 Å².